The first kappa shape index (κ1) is 21.9. The van der Waals surface area contributed by atoms with E-state index in [-0.39, 0.29) is 17.8 Å². The average molecular weight is 421 g/mol. The SMILES string of the molecule is CN=C(NCCSCc1ccccc1F)NC1CCN(C(=O)C2CCCCC2)C1. The molecule has 1 unspecified atom stereocenters. The summed E-state index contributed by atoms with van der Waals surface area (Å²) in [6.07, 6.45) is 6.73. The summed E-state index contributed by atoms with van der Waals surface area (Å²) in [7, 11) is 1.77. The Morgan fingerprint density at radius 1 is 1.24 bits per heavy atom. The predicted molar refractivity (Wildman–Crippen MR) is 119 cm³/mol. The second-order valence-electron chi connectivity index (χ2n) is 7.89. The van der Waals surface area contributed by atoms with Crippen LogP contribution < -0.4 is 10.6 Å². The number of nitrogens with one attached hydrogen (secondary N) is 2. The van der Waals surface area contributed by atoms with E-state index in [0.29, 0.717) is 11.7 Å². The van der Waals surface area contributed by atoms with E-state index in [4.69, 9.17) is 0 Å². The number of benzene rings is 1. The summed E-state index contributed by atoms with van der Waals surface area (Å²) in [6, 6.07) is 7.17. The first-order valence-corrected chi connectivity index (χ1v) is 11.9. The summed E-state index contributed by atoms with van der Waals surface area (Å²) < 4.78 is 13.6. The fourth-order valence-electron chi connectivity index (χ4n) is 4.11. The lowest BCUT2D eigenvalue weighted by Gasteiger charge is -2.26. The smallest absolute Gasteiger partial charge is 0.225 e. The minimum absolute atomic E-state index is 0.140. The van der Waals surface area contributed by atoms with Gasteiger partial charge in [-0.05, 0) is 30.9 Å². The number of likely N-dealkylation sites (tertiary alicyclic amines) is 1. The van der Waals surface area contributed by atoms with Crippen LogP contribution >= 0.6 is 11.8 Å². The molecule has 1 aliphatic carbocycles. The van der Waals surface area contributed by atoms with Crippen LogP contribution in [0.25, 0.3) is 0 Å². The molecule has 2 fully saturated rings. The third-order valence-electron chi connectivity index (χ3n) is 5.77. The maximum atomic E-state index is 13.6. The van der Waals surface area contributed by atoms with Gasteiger partial charge in [0, 0.05) is 50.1 Å². The van der Waals surface area contributed by atoms with Crippen molar-refractivity contribution in [2.45, 2.75) is 50.3 Å². The molecular weight excluding hydrogens is 387 g/mol. The topological polar surface area (TPSA) is 56.7 Å². The molecule has 1 aliphatic heterocycles. The molecule has 2 aliphatic rings. The van der Waals surface area contributed by atoms with Gasteiger partial charge in [-0.1, -0.05) is 37.5 Å². The monoisotopic (exact) mass is 420 g/mol. The Morgan fingerprint density at radius 2 is 2.03 bits per heavy atom. The Morgan fingerprint density at radius 3 is 2.79 bits per heavy atom. The second kappa shape index (κ2) is 11.4. The van der Waals surface area contributed by atoms with Gasteiger partial charge in [-0.25, -0.2) is 4.39 Å². The molecule has 1 amide bonds. The van der Waals surface area contributed by atoms with Crippen LogP contribution in [0.1, 0.15) is 44.1 Å². The Labute approximate surface area is 177 Å². The molecule has 2 N–H and O–H groups in total. The molecule has 1 heterocycles. The number of thioether (sulfide) groups is 1. The minimum atomic E-state index is -0.140. The number of aliphatic imine (C=N–C) groups is 1. The number of guanidine groups is 1. The van der Waals surface area contributed by atoms with Crippen LogP contribution in [0, 0.1) is 11.7 Å². The molecule has 0 aromatic heterocycles. The van der Waals surface area contributed by atoms with Crippen molar-refractivity contribution in [2.75, 3.05) is 32.4 Å². The highest BCUT2D eigenvalue weighted by atomic mass is 32.2. The Balaban J connectivity index is 1.34. The van der Waals surface area contributed by atoms with Crippen molar-refractivity contribution in [3.8, 4) is 0 Å². The summed E-state index contributed by atoms with van der Waals surface area (Å²) >= 11 is 1.70. The lowest BCUT2D eigenvalue weighted by Crippen LogP contribution is -2.46. The molecule has 1 aromatic carbocycles. The van der Waals surface area contributed by atoms with Crippen molar-refractivity contribution >= 4 is 23.6 Å². The van der Waals surface area contributed by atoms with Gasteiger partial charge in [0.25, 0.3) is 0 Å². The third kappa shape index (κ3) is 6.63. The largest absolute Gasteiger partial charge is 0.356 e. The molecule has 0 bridgehead atoms. The van der Waals surface area contributed by atoms with Gasteiger partial charge < -0.3 is 15.5 Å². The summed E-state index contributed by atoms with van der Waals surface area (Å²) in [5.74, 6) is 2.76. The van der Waals surface area contributed by atoms with Gasteiger partial charge in [-0.2, -0.15) is 11.8 Å². The molecule has 0 spiro atoms. The van der Waals surface area contributed by atoms with E-state index in [1.807, 2.05) is 17.0 Å². The molecule has 5 nitrogen and oxygen atoms in total. The molecule has 1 saturated carbocycles. The zero-order chi connectivity index (χ0) is 20.5. The predicted octanol–water partition coefficient (Wildman–Crippen LogP) is 3.41. The van der Waals surface area contributed by atoms with Crippen molar-refractivity contribution in [2.24, 2.45) is 10.9 Å². The Bertz CT molecular complexity index is 693. The summed E-state index contributed by atoms with van der Waals surface area (Å²) in [6.45, 7) is 2.36. The minimum Gasteiger partial charge on any atom is -0.356 e. The van der Waals surface area contributed by atoms with Gasteiger partial charge in [-0.15, -0.1) is 0 Å². The quantitative estimate of drug-likeness (QED) is 0.403. The Kier molecular flexibility index (Phi) is 8.65. The van der Waals surface area contributed by atoms with Crippen molar-refractivity contribution in [3.63, 3.8) is 0 Å². The van der Waals surface area contributed by atoms with Gasteiger partial charge >= 0.3 is 0 Å². The molecule has 29 heavy (non-hydrogen) atoms. The van der Waals surface area contributed by atoms with E-state index >= 15 is 0 Å². The number of hydrogen-bond donors (Lipinski definition) is 2. The lowest BCUT2D eigenvalue weighted by molar-refractivity contribution is -0.135. The van der Waals surface area contributed by atoms with Gasteiger partial charge in [-0.3, -0.25) is 9.79 Å². The highest BCUT2D eigenvalue weighted by molar-refractivity contribution is 7.98. The van der Waals surface area contributed by atoms with Crippen molar-refractivity contribution in [1.29, 1.82) is 0 Å². The summed E-state index contributed by atoms with van der Waals surface area (Å²) in [4.78, 5) is 19.0. The van der Waals surface area contributed by atoms with E-state index in [2.05, 4.69) is 15.6 Å². The van der Waals surface area contributed by atoms with Crippen LogP contribution in [-0.2, 0) is 10.5 Å². The molecule has 1 saturated heterocycles. The number of rotatable bonds is 7. The highest BCUT2D eigenvalue weighted by Crippen LogP contribution is 2.26. The zero-order valence-corrected chi connectivity index (χ0v) is 18.1. The normalized spacial score (nSPS) is 20.7. The van der Waals surface area contributed by atoms with Gasteiger partial charge in [0.2, 0.25) is 5.91 Å². The fraction of sp³-hybridized carbons (Fsp3) is 0.636. The van der Waals surface area contributed by atoms with Gasteiger partial charge in [0.15, 0.2) is 5.96 Å². The number of nitrogens with zero attached hydrogens (tertiary/aromatic N) is 2. The maximum Gasteiger partial charge on any atom is 0.225 e. The molecular formula is C22H33FN4OS. The third-order valence-corrected chi connectivity index (χ3v) is 6.78. The summed E-state index contributed by atoms with van der Waals surface area (Å²) in [5.41, 5.74) is 0.744. The number of carbonyl (C=O) groups excluding carboxylic acids is 1. The van der Waals surface area contributed by atoms with Gasteiger partial charge in [0.1, 0.15) is 5.82 Å². The van der Waals surface area contributed by atoms with Crippen molar-refractivity contribution < 1.29 is 9.18 Å². The van der Waals surface area contributed by atoms with Crippen LogP contribution in [0.15, 0.2) is 29.3 Å². The van der Waals surface area contributed by atoms with Gasteiger partial charge in [0.05, 0.1) is 0 Å². The Hall–Kier alpha value is -1.76. The average Bonchev–Trinajstić information content (AvgIpc) is 3.22. The van der Waals surface area contributed by atoms with E-state index in [1.165, 1.54) is 25.3 Å². The van der Waals surface area contributed by atoms with E-state index in [1.54, 1.807) is 24.9 Å². The molecule has 0 radical (unpaired) electrons. The lowest BCUT2D eigenvalue weighted by atomic mass is 9.88. The standard InChI is InChI=1S/C22H33FN4OS/c1-24-22(25-12-14-29-16-18-9-5-6-10-20(18)23)26-19-11-13-27(15-19)21(28)17-7-3-2-4-8-17/h5-6,9-10,17,19H,2-4,7-8,11-16H2,1H3,(H2,24,25,26). The van der Waals surface area contributed by atoms with E-state index in [0.717, 1.165) is 56.2 Å². The number of hydrogen-bond acceptors (Lipinski definition) is 3. The maximum absolute atomic E-state index is 13.6. The second-order valence-corrected chi connectivity index (χ2v) is 9.00. The molecule has 7 heteroatoms. The van der Waals surface area contributed by atoms with Crippen molar-refractivity contribution in [3.05, 3.63) is 35.6 Å². The molecule has 160 valence electrons. The highest BCUT2D eigenvalue weighted by Gasteiger charge is 2.31. The van der Waals surface area contributed by atoms with Crippen LogP contribution in [-0.4, -0.2) is 55.2 Å². The zero-order valence-electron chi connectivity index (χ0n) is 17.3. The van der Waals surface area contributed by atoms with Crippen LogP contribution in [0.2, 0.25) is 0 Å². The number of carbonyl (C=O) groups is 1. The molecule has 3 rings (SSSR count). The number of amides is 1. The molecule has 1 atom stereocenters. The van der Waals surface area contributed by atoms with Crippen LogP contribution in [0.5, 0.6) is 0 Å². The van der Waals surface area contributed by atoms with E-state index in [9.17, 15) is 9.18 Å². The number of halogens is 1. The van der Waals surface area contributed by atoms with E-state index < -0.39 is 0 Å². The summed E-state index contributed by atoms with van der Waals surface area (Å²) in [5, 5.41) is 6.77. The first-order chi connectivity index (χ1) is 14.2. The van der Waals surface area contributed by atoms with Crippen LogP contribution in [0.4, 0.5) is 4.39 Å². The van der Waals surface area contributed by atoms with Crippen molar-refractivity contribution in [1.82, 2.24) is 15.5 Å². The first-order valence-electron chi connectivity index (χ1n) is 10.7. The molecule has 1 aromatic rings. The van der Waals surface area contributed by atoms with Crippen LogP contribution in [0.3, 0.4) is 0 Å². The fourth-order valence-corrected chi connectivity index (χ4v) is 4.96.